The average Bonchev–Trinajstić information content (AvgIpc) is 1.74. The molecule has 1 amide bonds. The van der Waals surface area contributed by atoms with E-state index >= 15 is 0 Å². The van der Waals surface area contributed by atoms with Gasteiger partial charge in [0.1, 0.15) is 17.3 Å². The van der Waals surface area contributed by atoms with Gasteiger partial charge in [0.2, 0.25) is 19.5 Å². The molecule has 498 valence electrons. The third-order valence-electron chi connectivity index (χ3n) is 17.5. The van der Waals surface area contributed by atoms with Crippen LogP contribution in [0.4, 0.5) is 0 Å². The van der Waals surface area contributed by atoms with Crippen molar-refractivity contribution in [2.75, 3.05) is 20.1 Å². The van der Waals surface area contributed by atoms with Crippen molar-refractivity contribution >= 4 is 61.9 Å². The summed E-state index contributed by atoms with van der Waals surface area (Å²) in [6.45, 7) is 21.5. The summed E-state index contributed by atoms with van der Waals surface area (Å²) in [6.07, 6.45) is 8.18. The van der Waals surface area contributed by atoms with Crippen LogP contribution in [-0.4, -0.2) is 83.1 Å². The second kappa shape index (κ2) is 28.4. The Morgan fingerprint density at radius 2 is 1.17 bits per heavy atom. The number of benzene rings is 5. The number of fused-ring (bicyclic) bond motifs is 4. The minimum Gasteiger partial charge on any atom is -0.456 e. The van der Waals surface area contributed by atoms with Crippen LogP contribution in [0, 0.1) is 47.0 Å². The summed E-state index contributed by atoms with van der Waals surface area (Å²) in [7, 11) is 0. The number of nitrogens with zero attached hydrogens (tertiary/aromatic N) is 9. The van der Waals surface area contributed by atoms with Crippen molar-refractivity contribution in [2.45, 2.75) is 75.7 Å². The molecule has 0 spiro atoms. The van der Waals surface area contributed by atoms with Gasteiger partial charge in [-0.1, -0.05) is 63.2 Å². The number of hydrogen-bond donors (Lipinski definition) is 2. The first-order chi connectivity index (χ1) is 48.3. The van der Waals surface area contributed by atoms with Gasteiger partial charge in [-0.25, -0.2) is 9.97 Å². The number of ether oxygens (including phenoxy) is 5. The van der Waals surface area contributed by atoms with Crippen molar-refractivity contribution in [3.05, 3.63) is 262 Å². The lowest BCUT2D eigenvalue weighted by Crippen LogP contribution is -2.18. The predicted molar refractivity (Wildman–Crippen MR) is 392 cm³/mol. The Hall–Kier alpha value is -12.3. The lowest BCUT2D eigenvalue weighted by molar-refractivity contribution is 0.0995. The third kappa shape index (κ3) is 14.5. The second-order valence-corrected chi connectivity index (χ2v) is 25.6. The van der Waals surface area contributed by atoms with E-state index in [0.717, 1.165) is 130 Å². The number of aromatic nitrogens is 8. The maximum absolute atomic E-state index is 12.0. The molecule has 0 fully saturated rings. The molecule has 0 saturated carbocycles. The number of rotatable bonds is 11. The van der Waals surface area contributed by atoms with Crippen molar-refractivity contribution in [1.82, 2.24) is 39.9 Å². The van der Waals surface area contributed by atoms with Crippen molar-refractivity contribution in [3.8, 4) is 68.5 Å². The van der Waals surface area contributed by atoms with Crippen molar-refractivity contribution in [2.24, 2.45) is 21.1 Å². The molecule has 7 aromatic heterocycles. The molecule has 0 saturated heterocycles. The molecule has 3 N–H and O–H groups in total. The van der Waals surface area contributed by atoms with Crippen LogP contribution < -0.4 is 29.4 Å². The molecule has 11 heterocycles. The fourth-order valence-corrected chi connectivity index (χ4v) is 11.8. The summed E-state index contributed by atoms with van der Waals surface area (Å²) in [5.41, 5.74) is 28.8. The first kappa shape index (κ1) is 66.3. The second-order valence-electron chi connectivity index (χ2n) is 25.6. The molecular formula is C82H73N11O7. The number of nitrogens with one attached hydrogen (secondary N) is 1. The zero-order valence-electron chi connectivity index (χ0n) is 57.3. The van der Waals surface area contributed by atoms with Crippen LogP contribution in [0.5, 0.6) is 34.5 Å². The number of aliphatic imine (C=N–C) groups is 2. The molecule has 0 radical (unpaired) electrons. The Morgan fingerprint density at radius 1 is 0.530 bits per heavy atom. The zero-order chi connectivity index (χ0) is 69.8. The topological polar surface area (TPSA) is 237 Å². The molecule has 16 rings (SSSR count). The van der Waals surface area contributed by atoms with E-state index in [-0.39, 0.29) is 24.8 Å². The fourth-order valence-electron chi connectivity index (χ4n) is 11.8. The van der Waals surface area contributed by atoms with Crippen molar-refractivity contribution in [3.63, 3.8) is 0 Å². The van der Waals surface area contributed by atoms with E-state index < -0.39 is 5.91 Å². The number of amides is 1. The molecule has 18 nitrogen and oxygen atoms in total. The molecule has 4 aliphatic heterocycles. The Bertz CT molecular complexity index is 5300. The number of allylic oxidation sites excluding steroid dienone is 2. The smallest absolute Gasteiger partial charge is 0.248 e. The molecule has 5 aromatic carbocycles. The normalized spacial score (nSPS) is 13.3. The highest BCUT2D eigenvalue weighted by molar-refractivity contribution is 6.32. The first-order valence-corrected chi connectivity index (χ1v) is 32.8. The van der Waals surface area contributed by atoms with Gasteiger partial charge in [0.25, 0.3) is 0 Å². The lowest BCUT2D eigenvalue weighted by Gasteiger charge is -2.18. The summed E-state index contributed by atoms with van der Waals surface area (Å²) in [5.74, 6) is 4.50. The number of pyridine rings is 6. The number of primary amides is 1. The van der Waals surface area contributed by atoms with Crippen LogP contribution in [-0.2, 0) is 0 Å². The van der Waals surface area contributed by atoms with E-state index in [0.29, 0.717) is 46.5 Å². The largest absolute Gasteiger partial charge is 0.456 e. The van der Waals surface area contributed by atoms with Gasteiger partial charge in [-0.2, -0.15) is 0 Å². The highest BCUT2D eigenvalue weighted by Gasteiger charge is 2.30. The highest BCUT2D eigenvalue weighted by atomic mass is 16.7. The molecule has 4 aliphatic rings. The molecule has 12 aromatic rings. The van der Waals surface area contributed by atoms with E-state index in [1.165, 1.54) is 22.4 Å². The standard InChI is InChI=1S/C22H16N4O3.C21H22N2O2.C21H21NO2.C18H14N4/c23-21(27)13-4-6-14(7-5-13)22-25-19(20(26-22)16-3-1-2-10-24-16)15-8-9-17-18(11-15)29-12-28-17;1-13-6-5-7-16(22-13)20-15(11-19(23-20)21(2,3)4)14-8-9-17-18(10-14)25-12-24-17;1-12-8-17(16(5)23)21(11-15(12)4)24-20-6-7-22-19-10-14(3)13(2)9-18(19)20;1-12-4-2-5-17(21-12)18-13(9-11-20-18)14-7-8-15-16(22-14)6-3-10-19-15/h1-11H,12H2,(H2,23,27)(H,25,26);5-10H,11-12H2,1-4H3;6-11H,1-5H3;2-10H,11H2,1H3. The van der Waals surface area contributed by atoms with E-state index in [9.17, 15) is 9.59 Å². The van der Waals surface area contributed by atoms with Crippen LogP contribution in [0.2, 0.25) is 0 Å². The summed E-state index contributed by atoms with van der Waals surface area (Å²) >= 11 is 0. The van der Waals surface area contributed by atoms with Gasteiger partial charge in [0.15, 0.2) is 28.8 Å². The number of H-pyrrole nitrogens is 1. The zero-order valence-corrected chi connectivity index (χ0v) is 57.3. The maximum atomic E-state index is 12.0. The quantitative estimate of drug-likeness (QED) is 0.115. The maximum Gasteiger partial charge on any atom is 0.248 e. The first-order valence-electron chi connectivity index (χ1n) is 32.8. The highest BCUT2D eigenvalue weighted by Crippen LogP contribution is 2.44. The van der Waals surface area contributed by atoms with Gasteiger partial charge in [0.05, 0.1) is 74.2 Å². The number of aromatic amines is 1. The number of carbonyl (C=O) groups excluding carboxylic acids is 2. The van der Waals surface area contributed by atoms with Crippen molar-refractivity contribution < 1.29 is 33.3 Å². The van der Waals surface area contributed by atoms with E-state index in [2.05, 4.69) is 94.9 Å². The minimum atomic E-state index is -0.466. The molecule has 0 atom stereocenters. The molecule has 0 unspecified atom stereocenters. The van der Waals surface area contributed by atoms with Gasteiger partial charge in [0, 0.05) is 75.2 Å². The number of ketones is 1. The van der Waals surface area contributed by atoms with Crippen molar-refractivity contribution in [1.29, 1.82) is 0 Å². The van der Waals surface area contributed by atoms with Gasteiger partial charge >= 0.3 is 0 Å². The van der Waals surface area contributed by atoms with E-state index in [1.807, 2.05) is 161 Å². The third-order valence-corrected chi connectivity index (χ3v) is 17.5. The Morgan fingerprint density at radius 3 is 1.87 bits per heavy atom. The average molecular weight is 1320 g/mol. The predicted octanol–water partition coefficient (Wildman–Crippen LogP) is 17.2. The molecule has 18 heteroatoms. The Balaban J connectivity index is 0.000000120. The molecule has 0 aliphatic carbocycles. The Labute approximate surface area is 579 Å². The van der Waals surface area contributed by atoms with E-state index in [1.54, 1.807) is 37.6 Å². The number of carbonyl (C=O) groups is 2. The van der Waals surface area contributed by atoms with E-state index in [4.69, 9.17) is 49.4 Å². The number of imidazole rings is 1. The van der Waals surface area contributed by atoms with Gasteiger partial charge in [-0.05, 0) is 215 Å². The van der Waals surface area contributed by atoms with Crippen LogP contribution in [0.1, 0.15) is 111 Å². The number of hydrogen-bond acceptors (Lipinski definition) is 16. The van der Waals surface area contributed by atoms with Crippen LogP contribution >= 0.6 is 0 Å². The molecule has 100 heavy (non-hydrogen) atoms. The Kier molecular flexibility index (Phi) is 18.8. The summed E-state index contributed by atoms with van der Waals surface area (Å²) < 4.78 is 28.1. The molecular weight excluding hydrogens is 1250 g/mol. The lowest BCUT2D eigenvalue weighted by atomic mass is 9.86. The fraction of sp³-hybridized carbons (Fsp3) is 0.183. The number of nitrogens with two attached hydrogens (primary N) is 1. The summed E-state index contributed by atoms with van der Waals surface area (Å²) in [4.78, 5) is 68.3. The summed E-state index contributed by atoms with van der Waals surface area (Å²) in [5, 5.41) is 0.952. The monoisotopic (exact) mass is 1320 g/mol. The minimum absolute atomic E-state index is 0.00140. The van der Waals surface area contributed by atoms with Crippen LogP contribution in [0.15, 0.2) is 205 Å². The van der Waals surface area contributed by atoms with Gasteiger partial charge in [-0.3, -0.25) is 44.5 Å². The van der Waals surface area contributed by atoms with Crippen LogP contribution in [0.25, 0.3) is 72.8 Å². The molecule has 0 bridgehead atoms. The van der Waals surface area contributed by atoms with Gasteiger partial charge in [-0.15, -0.1) is 0 Å². The van der Waals surface area contributed by atoms with Crippen LogP contribution in [0.3, 0.4) is 0 Å². The SMILES string of the molecule is CC(=O)c1cc(C)c(C)cc1Oc1ccnc2cc(C)c(C)cc12.Cc1cccc(C2=C(c3ccc4c(c3)OCO4)CC(C(C)(C)C)=N2)n1.Cc1cccc(C2=NCC=C2c2ccc3ncccc3n2)n1.NC(=O)c1ccc(-c2nc(-c3ccc4c(c3)OCO4)c(-c3ccccn3)[nH]2)cc1. The van der Waals surface area contributed by atoms with Gasteiger partial charge < -0.3 is 34.4 Å². The number of Topliss-reactive ketones (excluding diaryl/α,β-unsaturated/α-hetero) is 1. The summed E-state index contributed by atoms with van der Waals surface area (Å²) in [6, 6.07) is 54.3. The number of aryl methyl sites for hydroxylation is 6.